The van der Waals surface area contributed by atoms with Crippen LogP contribution in [0.2, 0.25) is 0 Å². The molecule has 0 heterocycles. The third-order valence-electron chi connectivity index (χ3n) is 2.61. The average molecular weight is 258 g/mol. The standard InChI is InChI=1S/C9H10O2.C7H8O/c1-7(10)8-3-5-9(11-2)6-4-8;1-6-4-2-3-5-7(6)8/h3-6H,1-2H3;2-5,8H,1H3. The Morgan fingerprint density at radius 3 is 2.00 bits per heavy atom. The number of hydrogen-bond donors (Lipinski definition) is 1. The summed E-state index contributed by atoms with van der Waals surface area (Å²) in [5.74, 6) is 1.22. The van der Waals surface area contributed by atoms with Crippen LogP contribution in [0.15, 0.2) is 48.5 Å². The molecule has 0 saturated carbocycles. The maximum Gasteiger partial charge on any atom is 0.159 e. The molecule has 0 amide bonds. The first-order valence-corrected chi connectivity index (χ1v) is 5.94. The Labute approximate surface area is 113 Å². The molecule has 2 rings (SSSR count). The van der Waals surface area contributed by atoms with Crippen LogP contribution in [0.5, 0.6) is 11.5 Å². The Bertz CT molecular complexity index is 509. The Morgan fingerprint density at radius 1 is 1.05 bits per heavy atom. The summed E-state index contributed by atoms with van der Waals surface area (Å²) in [4.78, 5) is 10.8. The molecule has 0 spiro atoms. The van der Waals surface area contributed by atoms with E-state index in [1.165, 1.54) is 0 Å². The van der Waals surface area contributed by atoms with E-state index in [0.29, 0.717) is 11.3 Å². The van der Waals surface area contributed by atoms with Crippen LogP contribution in [0.3, 0.4) is 0 Å². The number of aryl methyl sites for hydroxylation is 1. The second-order valence-corrected chi connectivity index (χ2v) is 4.07. The van der Waals surface area contributed by atoms with E-state index in [-0.39, 0.29) is 5.78 Å². The van der Waals surface area contributed by atoms with Crippen molar-refractivity contribution in [2.45, 2.75) is 13.8 Å². The van der Waals surface area contributed by atoms with E-state index in [9.17, 15) is 4.79 Å². The first-order valence-electron chi connectivity index (χ1n) is 5.94. The highest BCUT2D eigenvalue weighted by Crippen LogP contribution is 2.12. The summed E-state index contributed by atoms with van der Waals surface area (Å²) >= 11 is 0. The van der Waals surface area contributed by atoms with Crippen LogP contribution in [-0.4, -0.2) is 18.0 Å². The van der Waals surface area contributed by atoms with Crippen molar-refractivity contribution in [3.05, 3.63) is 59.7 Å². The molecule has 0 saturated heterocycles. The number of ether oxygens (including phenoxy) is 1. The minimum atomic E-state index is 0.0765. The largest absolute Gasteiger partial charge is 0.508 e. The van der Waals surface area contributed by atoms with Gasteiger partial charge in [-0.25, -0.2) is 0 Å². The summed E-state index contributed by atoms with van der Waals surface area (Å²) in [6.45, 7) is 3.41. The zero-order chi connectivity index (χ0) is 14.3. The SMILES string of the molecule is COc1ccc(C(C)=O)cc1.Cc1ccccc1O. The van der Waals surface area contributed by atoms with Crippen LogP contribution in [0.4, 0.5) is 0 Å². The topological polar surface area (TPSA) is 46.5 Å². The fraction of sp³-hybridized carbons (Fsp3) is 0.188. The minimum absolute atomic E-state index is 0.0765. The zero-order valence-electron chi connectivity index (χ0n) is 11.4. The van der Waals surface area contributed by atoms with Crippen molar-refractivity contribution < 1.29 is 14.6 Å². The van der Waals surface area contributed by atoms with Gasteiger partial charge in [-0.05, 0) is 49.7 Å². The van der Waals surface area contributed by atoms with E-state index in [4.69, 9.17) is 9.84 Å². The lowest BCUT2D eigenvalue weighted by Gasteiger charge is -1.98. The maximum atomic E-state index is 10.8. The number of rotatable bonds is 2. The van der Waals surface area contributed by atoms with Crippen LogP contribution in [0.1, 0.15) is 22.8 Å². The zero-order valence-corrected chi connectivity index (χ0v) is 11.4. The van der Waals surface area contributed by atoms with Gasteiger partial charge in [0.15, 0.2) is 5.78 Å². The fourth-order valence-corrected chi connectivity index (χ4v) is 1.39. The smallest absolute Gasteiger partial charge is 0.159 e. The predicted octanol–water partition coefficient (Wildman–Crippen LogP) is 3.60. The molecule has 0 aliphatic rings. The summed E-state index contributed by atoms with van der Waals surface area (Å²) in [7, 11) is 1.60. The molecule has 3 nitrogen and oxygen atoms in total. The van der Waals surface area contributed by atoms with E-state index in [0.717, 1.165) is 11.3 Å². The van der Waals surface area contributed by atoms with Gasteiger partial charge >= 0.3 is 0 Å². The van der Waals surface area contributed by atoms with Crippen molar-refractivity contribution in [3.63, 3.8) is 0 Å². The second kappa shape index (κ2) is 7.21. The van der Waals surface area contributed by atoms with Crippen LogP contribution in [0, 0.1) is 6.92 Å². The van der Waals surface area contributed by atoms with Gasteiger partial charge in [0.2, 0.25) is 0 Å². The molecule has 0 unspecified atom stereocenters. The van der Waals surface area contributed by atoms with Gasteiger partial charge in [0, 0.05) is 5.56 Å². The normalized spacial score (nSPS) is 9.21. The lowest BCUT2D eigenvalue weighted by molar-refractivity contribution is 0.101. The lowest BCUT2D eigenvalue weighted by atomic mass is 10.1. The molecule has 100 valence electrons. The molecule has 0 aliphatic carbocycles. The number of para-hydroxylation sites is 1. The van der Waals surface area contributed by atoms with Crippen molar-refractivity contribution >= 4 is 5.78 Å². The molecule has 0 aliphatic heterocycles. The number of methoxy groups -OCH3 is 1. The van der Waals surface area contributed by atoms with Crippen molar-refractivity contribution in [2.75, 3.05) is 7.11 Å². The van der Waals surface area contributed by atoms with Crippen molar-refractivity contribution in [2.24, 2.45) is 0 Å². The van der Waals surface area contributed by atoms with Gasteiger partial charge < -0.3 is 9.84 Å². The van der Waals surface area contributed by atoms with Gasteiger partial charge in [0.05, 0.1) is 7.11 Å². The van der Waals surface area contributed by atoms with Crippen molar-refractivity contribution in [3.8, 4) is 11.5 Å². The highest BCUT2D eigenvalue weighted by Gasteiger charge is 1.97. The summed E-state index contributed by atoms with van der Waals surface area (Å²) in [6.07, 6.45) is 0. The van der Waals surface area contributed by atoms with Gasteiger partial charge in [-0.2, -0.15) is 0 Å². The van der Waals surface area contributed by atoms with E-state index < -0.39 is 0 Å². The first kappa shape index (κ1) is 14.8. The van der Waals surface area contributed by atoms with E-state index in [1.807, 2.05) is 25.1 Å². The molecule has 2 aromatic carbocycles. The third kappa shape index (κ3) is 4.84. The maximum absolute atomic E-state index is 10.8. The Morgan fingerprint density at radius 2 is 1.63 bits per heavy atom. The molecule has 19 heavy (non-hydrogen) atoms. The van der Waals surface area contributed by atoms with Crippen LogP contribution in [0.25, 0.3) is 0 Å². The van der Waals surface area contributed by atoms with Crippen molar-refractivity contribution in [1.29, 1.82) is 0 Å². The summed E-state index contributed by atoms with van der Waals surface area (Å²) < 4.78 is 4.94. The molecule has 3 heteroatoms. The summed E-state index contributed by atoms with van der Waals surface area (Å²) in [5, 5.41) is 8.92. The Kier molecular flexibility index (Phi) is 5.61. The lowest BCUT2D eigenvalue weighted by Crippen LogP contribution is -1.91. The molecule has 0 bridgehead atoms. The highest BCUT2D eigenvalue weighted by atomic mass is 16.5. The molecule has 1 N–H and O–H groups in total. The van der Waals surface area contributed by atoms with Gasteiger partial charge in [-0.1, -0.05) is 18.2 Å². The first-order chi connectivity index (χ1) is 9.04. The van der Waals surface area contributed by atoms with Crippen LogP contribution in [-0.2, 0) is 0 Å². The van der Waals surface area contributed by atoms with Crippen LogP contribution < -0.4 is 4.74 Å². The number of ketones is 1. The number of carbonyl (C=O) groups excluding carboxylic acids is 1. The Hall–Kier alpha value is -2.29. The number of hydrogen-bond acceptors (Lipinski definition) is 3. The number of phenols is 1. The van der Waals surface area contributed by atoms with Crippen LogP contribution >= 0.6 is 0 Å². The predicted molar refractivity (Wildman–Crippen MR) is 75.8 cm³/mol. The molecular weight excluding hydrogens is 240 g/mol. The summed E-state index contributed by atoms with van der Waals surface area (Å²) in [6, 6.07) is 14.3. The molecule has 0 atom stereocenters. The number of aromatic hydroxyl groups is 1. The minimum Gasteiger partial charge on any atom is -0.508 e. The summed E-state index contributed by atoms with van der Waals surface area (Å²) in [5.41, 5.74) is 1.64. The van der Waals surface area contributed by atoms with E-state index in [2.05, 4.69) is 0 Å². The number of Topliss-reactive ketones (excluding diaryl/α,β-unsaturated/α-hetero) is 1. The molecule has 0 aromatic heterocycles. The van der Waals surface area contributed by atoms with Gasteiger partial charge in [-0.3, -0.25) is 4.79 Å². The van der Waals surface area contributed by atoms with Crippen molar-refractivity contribution in [1.82, 2.24) is 0 Å². The fourth-order valence-electron chi connectivity index (χ4n) is 1.39. The number of phenolic OH excluding ortho intramolecular Hbond substituents is 1. The van der Waals surface area contributed by atoms with Gasteiger partial charge in [-0.15, -0.1) is 0 Å². The molecular formula is C16H18O3. The quantitative estimate of drug-likeness (QED) is 0.837. The third-order valence-corrected chi connectivity index (χ3v) is 2.61. The molecule has 0 radical (unpaired) electrons. The number of benzene rings is 2. The molecule has 2 aromatic rings. The highest BCUT2D eigenvalue weighted by molar-refractivity contribution is 5.94. The van der Waals surface area contributed by atoms with Gasteiger partial charge in [0.1, 0.15) is 11.5 Å². The molecule has 0 fully saturated rings. The monoisotopic (exact) mass is 258 g/mol. The second-order valence-electron chi connectivity index (χ2n) is 4.07. The van der Waals surface area contributed by atoms with E-state index >= 15 is 0 Å². The average Bonchev–Trinajstić information content (AvgIpc) is 2.43. The van der Waals surface area contributed by atoms with Gasteiger partial charge in [0.25, 0.3) is 0 Å². The van der Waals surface area contributed by atoms with E-state index in [1.54, 1.807) is 44.4 Å². The number of carbonyl (C=O) groups is 1. The Balaban J connectivity index is 0.000000200.